The van der Waals surface area contributed by atoms with Gasteiger partial charge in [-0.15, -0.1) is 0 Å². The SMILES string of the molecule is Cn1c(C2=NCCO2)cc2cc([N+](=O)[O-])ccc21. The van der Waals surface area contributed by atoms with Gasteiger partial charge in [0.25, 0.3) is 5.69 Å². The molecule has 6 heteroatoms. The van der Waals surface area contributed by atoms with Crippen LogP contribution in [-0.2, 0) is 11.8 Å². The molecule has 1 aromatic heterocycles. The molecule has 0 fully saturated rings. The van der Waals surface area contributed by atoms with E-state index in [1.165, 1.54) is 6.07 Å². The van der Waals surface area contributed by atoms with Gasteiger partial charge in [0, 0.05) is 30.1 Å². The predicted octanol–water partition coefficient (Wildman–Crippen LogP) is 1.86. The first-order valence-corrected chi connectivity index (χ1v) is 5.58. The lowest BCUT2D eigenvalue weighted by atomic mass is 10.2. The molecule has 0 spiro atoms. The summed E-state index contributed by atoms with van der Waals surface area (Å²) >= 11 is 0. The Bertz CT molecular complexity index is 673. The van der Waals surface area contributed by atoms with Crippen molar-refractivity contribution in [3.63, 3.8) is 0 Å². The Morgan fingerprint density at radius 1 is 1.44 bits per heavy atom. The highest BCUT2D eigenvalue weighted by Gasteiger charge is 2.17. The first-order chi connectivity index (χ1) is 8.66. The van der Waals surface area contributed by atoms with Crippen molar-refractivity contribution in [3.8, 4) is 0 Å². The number of benzene rings is 1. The summed E-state index contributed by atoms with van der Waals surface area (Å²) in [4.78, 5) is 14.6. The van der Waals surface area contributed by atoms with Crippen LogP contribution in [0.3, 0.4) is 0 Å². The Morgan fingerprint density at radius 2 is 2.28 bits per heavy atom. The number of rotatable bonds is 2. The van der Waals surface area contributed by atoms with Crippen LogP contribution < -0.4 is 0 Å². The molecule has 1 aliphatic heterocycles. The largest absolute Gasteiger partial charge is 0.474 e. The van der Waals surface area contributed by atoms with Crippen molar-refractivity contribution in [2.75, 3.05) is 13.2 Å². The molecule has 3 rings (SSSR count). The van der Waals surface area contributed by atoms with Crippen molar-refractivity contribution >= 4 is 22.5 Å². The zero-order valence-electron chi connectivity index (χ0n) is 9.79. The van der Waals surface area contributed by atoms with Gasteiger partial charge in [-0.05, 0) is 12.1 Å². The lowest BCUT2D eigenvalue weighted by Gasteiger charge is -2.03. The normalized spacial score (nSPS) is 14.6. The molecular formula is C12H11N3O3. The number of ether oxygens (including phenoxy) is 1. The first-order valence-electron chi connectivity index (χ1n) is 5.58. The number of non-ortho nitro benzene ring substituents is 1. The summed E-state index contributed by atoms with van der Waals surface area (Å²) in [5.41, 5.74) is 1.87. The molecule has 92 valence electrons. The molecule has 0 N–H and O–H groups in total. The van der Waals surface area contributed by atoms with E-state index >= 15 is 0 Å². The first kappa shape index (κ1) is 10.8. The van der Waals surface area contributed by atoms with E-state index < -0.39 is 4.92 Å². The van der Waals surface area contributed by atoms with Gasteiger partial charge in [-0.2, -0.15) is 0 Å². The molecule has 0 saturated carbocycles. The van der Waals surface area contributed by atoms with E-state index in [-0.39, 0.29) is 5.69 Å². The molecule has 6 nitrogen and oxygen atoms in total. The summed E-state index contributed by atoms with van der Waals surface area (Å²) in [5, 5.41) is 11.6. The third-order valence-corrected chi connectivity index (χ3v) is 3.04. The number of nitro benzene ring substituents is 1. The molecule has 0 atom stereocenters. The number of nitro groups is 1. The van der Waals surface area contributed by atoms with Gasteiger partial charge in [0.2, 0.25) is 5.90 Å². The van der Waals surface area contributed by atoms with Crippen molar-refractivity contribution in [2.24, 2.45) is 12.0 Å². The van der Waals surface area contributed by atoms with E-state index in [2.05, 4.69) is 4.99 Å². The number of aryl methyl sites for hydroxylation is 1. The van der Waals surface area contributed by atoms with Gasteiger partial charge in [0.15, 0.2) is 0 Å². The summed E-state index contributed by atoms with van der Waals surface area (Å²) < 4.78 is 7.36. The Balaban J connectivity index is 2.18. The van der Waals surface area contributed by atoms with E-state index in [1.807, 2.05) is 17.7 Å². The maximum Gasteiger partial charge on any atom is 0.270 e. The topological polar surface area (TPSA) is 69.7 Å². The fraction of sp³-hybridized carbons (Fsp3) is 0.250. The van der Waals surface area contributed by atoms with Gasteiger partial charge in [-0.1, -0.05) is 0 Å². The second-order valence-corrected chi connectivity index (χ2v) is 4.12. The zero-order valence-corrected chi connectivity index (χ0v) is 9.79. The minimum Gasteiger partial charge on any atom is -0.474 e. The maximum atomic E-state index is 10.7. The fourth-order valence-electron chi connectivity index (χ4n) is 2.15. The Labute approximate surface area is 103 Å². The molecular weight excluding hydrogens is 234 g/mol. The van der Waals surface area contributed by atoms with Crippen LogP contribution in [0.2, 0.25) is 0 Å². The number of aliphatic imine (C=N–C) groups is 1. The lowest BCUT2D eigenvalue weighted by Crippen LogP contribution is -2.06. The van der Waals surface area contributed by atoms with Crippen molar-refractivity contribution in [2.45, 2.75) is 0 Å². The zero-order chi connectivity index (χ0) is 12.7. The summed E-state index contributed by atoms with van der Waals surface area (Å²) in [6, 6.07) is 6.68. The third kappa shape index (κ3) is 1.54. The minimum absolute atomic E-state index is 0.0916. The molecule has 2 aromatic rings. The average molecular weight is 245 g/mol. The van der Waals surface area contributed by atoms with Gasteiger partial charge in [-0.3, -0.25) is 10.1 Å². The molecule has 18 heavy (non-hydrogen) atoms. The highest BCUT2D eigenvalue weighted by atomic mass is 16.6. The number of hydrogen-bond donors (Lipinski definition) is 0. The molecule has 0 saturated heterocycles. The van der Waals surface area contributed by atoms with Crippen LogP contribution in [0.1, 0.15) is 5.69 Å². The molecule has 1 aliphatic rings. The molecule has 0 aliphatic carbocycles. The van der Waals surface area contributed by atoms with E-state index in [0.29, 0.717) is 19.0 Å². The Hall–Kier alpha value is -2.37. The summed E-state index contributed by atoms with van der Waals surface area (Å²) in [7, 11) is 1.90. The van der Waals surface area contributed by atoms with Crippen LogP contribution in [-0.4, -0.2) is 28.5 Å². The van der Waals surface area contributed by atoms with Crippen molar-refractivity contribution in [1.82, 2.24) is 4.57 Å². The van der Waals surface area contributed by atoms with Crippen molar-refractivity contribution < 1.29 is 9.66 Å². The minimum atomic E-state index is -0.393. The Kier molecular flexibility index (Phi) is 2.29. The maximum absolute atomic E-state index is 10.7. The monoisotopic (exact) mass is 245 g/mol. The Morgan fingerprint density at radius 3 is 2.94 bits per heavy atom. The molecule has 2 heterocycles. The van der Waals surface area contributed by atoms with Gasteiger partial charge >= 0.3 is 0 Å². The fourth-order valence-corrected chi connectivity index (χ4v) is 2.15. The molecule has 1 aromatic carbocycles. The number of aromatic nitrogens is 1. The van der Waals surface area contributed by atoms with Gasteiger partial charge < -0.3 is 9.30 Å². The highest BCUT2D eigenvalue weighted by molar-refractivity contribution is 5.99. The highest BCUT2D eigenvalue weighted by Crippen LogP contribution is 2.24. The van der Waals surface area contributed by atoms with Crippen LogP contribution in [0.15, 0.2) is 29.3 Å². The van der Waals surface area contributed by atoms with Gasteiger partial charge in [0.05, 0.1) is 11.5 Å². The number of nitrogens with zero attached hydrogens (tertiary/aromatic N) is 3. The van der Waals surface area contributed by atoms with E-state index in [1.54, 1.807) is 12.1 Å². The second kappa shape index (κ2) is 3.83. The summed E-state index contributed by atoms with van der Waals surface area (Å²) in [6.07, 6.45) is 0. The van der Waals surface area contributed by atoms with E-state index in [9.17, 15) is 10.1 Å². The van der Waals surface area contributed by atoms with E-state index in [4.69, 9.17) is 4.74 Å². The predicted molar refractivity (Wildman–Crippen MR) is 66.9 cm³/mol. The second-order valence-electron chi connectivity index (χ2n) is 4.12. The van der Waals surface area contributed by atoms with Crippen molar-refractivity contribution in [1.29, 1.82) is 0 Å². The quantitative estimate of drug-likeness (QED) is 0.599. The molecule has 0 radical (unpaired) electrons. The van der Waals surface area contributed by atoms with Crippen LogP contribution in [0.25, 0.3) is 10.9 Å². The summed E-state index contributed by atoms with van der Waals surface area (Å²) in [6.45, 7) is 1.26. The van der Waals surface area contributed by atoms with Crippen molar-refractivity contribution in [3.05, 3.63) is 40.1 Å². The lowest BCUT2D eigenvalue weighted by molar-refractivity contribution is -0.384. The van der Waals surface area contributed by atoms with Gasteiger partial charge in [0.1, 0.15) is 12.3 Å². The summed E-state index contributed by atoms with van der Waals surface area (Å²) in [5.74, 6) is 0.608. The van der Waals surface area contributed by atoms with Gasteiger partial charge in [-0.25, -0.2) is 4.99 Å². The third-order valence-electron chi connectivity index (χ3n) is 3.04. The average Bonchev–Trinajstić information content (AvgIpc) is 2.97. The van der Waals surface area contributed by atoms with E-state index in [0.717, 1.165) is 16.6 Å². The molecule has 0 unspecified atom stereocenters. The number of hydrogen-bond acceptors (Lipinski definition) is 4. The number of fused-ring (bicyclic) bond motifs is 1. The van der Waals surface area contributed by atoms with Crippen LogP contribution in [0.5, 0.6) is 0 Å². The smallest absolute Gasteiger partial charge is 0.270 e. The molecule has 0 bridgehead atoms. The van der Waals surface area contributed by atoms with Crippen LogP contribution in [0, 0.1) is 10.1 Å². The van der Waals surface area contributed by atoms with Crippen LogP contribution >= 0.6 is 0 Å². The standard InChI is InChI=1S/C12H11N3O3/c1-14-10-3-2-9(15(16)17)6-8(10)7-11(14)12-13-4-5-18-12/h2-3,6-7H,4-5H2,1H3. The van der Waals surface area contributed by atoms with Crippen LogP contribution in [0.4, 0.5) is 5.69 Å². The molecule has 0 amide bonds.